The maximum absolute atomic E-state index is 12.7. The van der Waals surface area contributed by atoms with E-state index >= 15 is 0 Å². The van der Waals surface area contributed by atoms with E-state index in [1.165, 1.54) is 16.9 Å². The third-order valence-electron chi connectivity index (χ3n) is 4.34. The first-order valence-electron chi connectivity index (χ1n) is 8.42. The Kier molecular flexibility index (Phi) is 4.41. The summed E-state index contributed by atoms with van der Waals surface area (Å²) in [5.41, 5.74) is 2.71. The van der Waals surface area contributed by atoms with Gasteiger partial charge in [-0.25, -0.2) is 4.98 Å². The molecule has 5 nitrogen and oxygen atoms in total. The van der Waals surface area contributed by atoms with Gasteiger partial charge in [0.15, 0.2) is 0 Å². The lowest BCUT2D eigenvalue weighted by Gasteiger charge is -2.10. The number of amides is 1. The number of hydrogen-bond acceptors (Lipinski definition) is 5. The fourth-order valence-corrected chi connectivity index (χ4v) is 3.87. The molecule has 0 atom stereocenters. The van der Waals surface area contributed by atoms with Crippen LogP contribution in [0.4, 0.5) is 5.69 Å². The van der Waals surface area contributed by atoms with Gasteiger partial charge in [0.25, 0.3) is 5.91 Å². The molecule has 2 aromatic carbocycles. The van der Waals surface area contributed by atoms with Crippen LogP contribution in [0.2, 0.25) is 0 Å². The van der Waals surface area contributed by atoms with Gasteiger partial charge < -0.3 is 14.8 Å². The number of aryl methyl sites for hydroxylation is 1. The molecule has 27 heavy (non-hydrogen) atoms. The summed E-state index contributed by atoms with van der Waals surface area (Å²) in [4.78, 5) is 18.9. The van der Waals surface area contributed by atoms with E-state index in [1.54, 1.807) is 32.4 Å². The molecule has 0 radical (unpaired) electrons. The van der Waals surface area contributed by atoms with Crippen LogP contribution in [0.25, 0.3) is 21.1 Å². The Balaban J connectivity index is 1.67. The van der Waals surface area contributed by atoms with Gasteiger partial charge in [0.2, 0.25) is 0 Å². The summed E-state index contributed by atoms with van der Waals surface area (Å²) in [5.74, 6) is 1.02. The molecule has 6 heteroatoms. The first-order valence-corrected chi connectivity index (χ1v) is 9.23. The van der Waals surface area contributed by atoms with Crippen molar-refractivity contribution in [2.24, 2.45) is 0 Å². The van der Waals surface area contributed by atoms with Crippen LogP contribution in [-0.2, 0) is 0 Å². The number of rotatable bonds is 4. The van der Waals surface area contributed by atoms with Gasteiger partial charge >= 0.3 is 0 Å². The number of carbonyl (C=O) groups is 1. The van der Waals surface area contributed by atoms with Gasteiger partial charge in [-0.3, -0.25) is 4.79 Å². The third-order valence-corrected chi connectivity index (χ3v) is 5.38. The van der Waals surface area contributed by atoms with Crippen molar-refractivity contribution in [2.75, 3.05) is 19.5 Å². The fourth-order valence-electron chi connectivity index (χ4n) is 2.95. The topological polar surface area (TPSA) is 60.5 Å². The molecule has 0 aliphatic rings. The minimum absolute atomic E-state index is 0.193. The highest BCUT2D eigenvalue weighted by molar-refractivity contribution is 7.20. The summed E-state index contributed by atoms with van der Waals surface area (Å²) >= 11 is 1.38. The van der Waals surface area contributed by atoms with Crippen molar-refractivity contribution in [3.8, 4) is 11.5 Å². The van der Waals surface area contributed by atoms with Crippen LogP contribution in [0.15, 0.2) is 48.5 Å². The maximum atomic E-state index is 12.7. The van der Waals surface area contributed by atoms with E-state index in [-0.39, 0.29) is 5.91 Å². The van der Waals surface area contributed by atoms with E-state index < -0.39 is 0 Å². The van der Waals surface area contributed by atoms with Crippen LogP contribution in [0.5, 0.6) is 11.5 Å². The second-order valence-electron chi connectivity index (χ2n) is 6.21. The average Bonchev–Trinajstić information content (AvgIpc) is 3.09. The molecule has 1 N–H and O–H groups in total. The van der Waals surface area contributed by atoms with Gasteiger partial charge in [0, 0.05) is 16.8 Å². The highest BCUT2D eigenvalue weighted by Gasteiger charge is 2.15. The SMILES string of the molecule is COc1ccc(NC(=O)c2cc3cc4cc(C)ccc4nc3s2)c(OC)c1. The molecular formula is C21H18N2O3S. The van der Waals surface area contributed by atoms with E-state index in [0.29, 0.717) is 22.1 Å². The van der Waals surface area contributed by atoms with Gasteiger partial charge in [-0.05, 0) is 43.3 Å². The minimum atomic E-state index is -0.193. The number of benzene rings is 2. The molecule has 2 heterocycles. The number of ether oxygens (including phenoxy) is 2. The van der Waals surface area contributed by atoms with Gasteiger partial charge in [-0.1, -0.05) is 11.6 Å². The van der Waals surface area contributed by atoms with Gasteiger partial charge in [0.05, 0.1) is 30.3 Å². The molecule has 0 bridgehead atoms. The van der Waals surface area contributed by atoms with E-state index in [9.17, 15) is 4.79 Å². The van der Waals surface area contributed by atoms with Crippen LogP contribution in [0.1, 0.15) is 15.2 Å². The number of carbonyl (C=O) groups excluding carboxylic acids is 1. The number of fused-ring (bicyclic) bond motifs is 2. The lowest BCUT2D eigenvalue weighted by atomic mass is 10.1. The van der Waals surface area contributed by atoms with Crippen molar-refractivity contribution in [2.45, 2.75) is 6.92 Å². The van der Waals surface area contributed by atoms with E-state index in [1.807, 2.05) is 18.2 Å². The summed E-state index contributed by atoms with van der Waals surface area (Å²) in [6, 6.07) is 15.4. The summed E-state index contributed by atoms with van der Waals surface area (Å²) < 4.78 is 10.5. The molecule has 0 unspecified atom stereocenters. The van der Waals surface area contributed by atoms with Crippen molar-refractivity contribution >= 4 is 44.1 Å². The van der Waals surface area contributed by atoms with Gasteiger partial charge in [-0.2, -0.15) is 0 Å². The number of pyridine rings is 1. The molecule has 0 saturated heterocycles. The summed E-state index contributed by atoms with van der Waals surface area (Å²) in [6.07, 6.45) is 0. The van der Waals surface area contributed by atoms with Crippen molar-refractivity contribution in [1.82, 2.24) is 4.98 Å². The quantitative estimate of drug-likeness (QED) is 0.541. The molecule has 4 rings (SSSR count). The van der Waals surface area contributed by atoms with Crippen LogP contribution < -0.4 is 14.8 Å². The molecule has 1 amide bonds. The van der Waals surface area contributed by atoms with Crippen LogP contribution in [0.3, 0.4) is 0 Å². The van der Waals surface area contributed by atoms with Crippen molar-refractivity contribution in [3.05, 3.63) is 59.0 Å². The Morgan fingerprint density at radius 1 is 1.00 bits per heavy atom. The van der Waals surface area contributed by atoms with Crippen molar-refractivity contribution < 1.29 is 14.3 Å². The number of hydrogen-bond donors (Lipinski definition) is 1. The minimum Gasteiger partial charge on any atom is -0.497 e. The Labute approximate surface area is 160 Å². The summed E-state index contributed by atoms with van der Waals surface area (Å²) in [6.45, 7) is 2.05. The lowest BCUT2D eigenvalue weighted by molar-refractivity contribution is 0.103. The zero-order valence-electron chi connectivity index (χ0n) is 15.2. The van der Waals surface area contributed by atoms with Crippen LogP contribution in [0, 0.1) is 6.92 Å². The average molecular weight is 378 g/mol. The number of anilines is 1. The first-order chi connectivity index (χ1) is 13.1. The standard InChI is InChI=1S/C21H18N2O3S/c1-12-4-6-16-13(8-12)9-14-10-19(27-21(14)23-16)20(24)22-17-7-5-15(25-2)11-18(17)26-3/h4-11H,1-3H3,(H,22,24). The monoisotopic (exact) mass is 378 g/mol. The second kappa shape index (κ2) is 6.89. The highest BCUT2D eigenvalue weighted by Crippen LogP contribution is 2.32. The zero-order chi connectivity index (χ0) is 19.0. The smallest absolute Gasteiger partial charge is 0.265 e. The Bertz CT molecular complexity index is 1170. The normalized spacial score (nSPS) is 10.9. The number of aromatic nitrogens is 1. The molecular weight excluding hydrogens is 360 g/mol. The highest BCUT2D eigenvalue weighted by atomic mass is 32.1. The number of nitrogens with one attached hydrogen (secondary N) is 1. The van der Waals surface area contributed by atoms with Gasteiger partial charge in [0.1, 0.15) is 16.3 Å². The van der Waals surface area contributed by atoms with Crippen LogP contribution >= 0.6 is 11.3 Å². The summed E-state index contributed by atoms with van der Waals surface area (Å²) in [5, 5.41) is 4.94. The zero-order valence-corrected chi connectivity index (χ0v) is 16.0. The third kappa shape index (κ3) is 3.31. The van der Waals surface area contributed by atoms with Crippen LogP contribution in [-0.4, -0.2) is 25.1 Å². The molecule has 0 fully saturated rings. The van der Waals surface area contributed by atoms with Gasteiger partial charge in [-0.15, -0.1) is 11.3 Å². The molecule has 0 saturated carbocycles. The molecule has 0 aliphatic carbocycles. The predicted molar refractivity (Wildman–Crippen MR) is 109 cm³/mol. The Morgan fingerprint density at radius 3 is 2.63 bits per heavy atom. The number of methoxy groups -OCH3 is 2. The molecule has 0 spiro atoms. The maximum Gasteiger partial charge on any atom is 0.265 e. The number of nitrogens with zero attached hydrogens (tertiary/aromatic N) is 1. The Morgan fingerprint density at radius 2 is 1.85 bits per heavy atom. The molecule has 2 aromatic heterocycles. The molecule has 136 valence electrons. The van der Waals surface area contributed by atoms with E-state index in [2.05, 4.69) is 29.4 Å². The summed E-state index contributed by atoms with van der Waals surface area (Å²) in [7, 11) is 3.14. The predicted octanol–water partition coefficient (Wildman–Crippen LogP) is 5.03. The second-order valence-corrected chi connectivity index (χ2v) is 7.24. The fraction of sp³-hybridized carbons (Fsp3) is 0.143. The lowest BCUT2D eigenvalue weighted by Crippen LogP contribution is -2.11. The molecule has 0 aliphatic heterocycles. The van der Waals surface area contributed by atoms with Crippen molar-refractivity contribution in [1.29, 1.82) is 0 Å². The Hall–Kier alpha value is -3.12. The first kappa shape index (κ1) is 17.3. The number of thiophene rings is 1. The van der Waals surface area contributed by atoms with E-state index in [0.717, 1.165) is 21.1 Å². The van der Waals surface area contributed by atoms with E-state index in [4.69, 9.17) is 9.47 Å². The molecule has 4 aromatic rings. The van der Waals surface area contributed by atoms with Crippen molar-refractivity contribution in [3.63, 3.8) is 0 Å². The largest absolute Gasteiger partial charge is 0.497 e.